The molecule has 0 amide bonds. The largest absolute Gasteiger partial charge is 0.462 e. The van der Waals surface area contributed by atoms with E-state index in [9.17, 15) is 21.6 Å². The molecule has 31 heavy (non-hydrogen) atoms. The molecule has 0 aliphatic carbocycles. The standard InChI is InChI=1S/C17H14Cl2N2O6S4/c1-2-27-17(22)10-3-4-11(20-30(23,24)15-7-5-13(18)28-15)12(9-10)21-31(25,26)16-8-6-14(19)29-16/h3-9,20-21H,2H2,1H3. The van der Waals surface area contributed by atoms with Gasteiger partial charge < -0.3 is 4.74 Å². The number of anilines is 2. The molecule has 166 valence electrons. The van der Waals surface area contributed by atoms with Crippen molar-refractivity contribution in [3.63, 3.8) is 0 Å². The molecular formula is C17H14Cl2N2O6S4. The highest BCUT2D eigenvalue weighted by Gasteiger charge is 2.23. The van der Waals surface area contributed by atoms with E-state index in [2.05, 4.69) is 9.44 Å². The van der Waals surface area contributed by atoms with Crippen LogP contribution in [-0.2, 0) is 24.8 Å². The van der Waals surface area contributed by atoms with Crippen LogP contribution in [0.3, 0.4) is 0 Å². The molecule has 0 aliphatic heterocycles. The molecule has 0 saturated heterocycles. The van der Waals surface area contributed by atoms with E-state index in [4.69, 9.17) is 27.9 Å². The van der Waals surface area contributed by atoms with E-state index >= 15 is 0 Å². The first-order valence-electron chi connectivity index (χ1n) is 8.39. The van der Waals surface area contributed by atoms with E-state index in [1.165, 1.54) is 42.5 Å². The first kappa shape index (κ1) is 23.8. The van der Waals surface area contributed by atoms with E-state index in [0.717, 1.165) is 22.7 Å². The number of hydrogen-bond donors (Lipinski definition) is 2. The zero-order chi connectivity index (χ0) is 22.8. The van der Waals surface area contributed by atoms with Gasteiger partial charge in [0.2, 0.25) is 0 Å². The van der Waals surface area contributed by atoms with Crippen LogP contribution in [0.15, 0.2) is 50.9 Å². The number of benzene rings is 1. The molecule has 1 aromatic carbocycles. The first-order chi connectivity index (χ1) is 14.5. The Labute approximate surface area is 196 Å². The summed E-state index contributed by atoms with van der Waals surface area (Å²) in [5, 5.41) is 0. The van der Waals surface area contributed by atoms with E-state index in [1.807, 2.05) is 0 Å². The van der Waals surface area contributed by atoms with Crippen LogP contribution in [0, 0.1) is 0 Å². The Morgan fingerprint density at radius 2 is 1.39 bits per heavy atom. The van der Waals surface area contributed by atoms with Crippen LogP contribution in [0.5, 0.6) is 0 Å². The molecule has 2 aromatic heterocycles. The summed E-state index contributed by atoms with van der Waals surface area (Å²) in [6, 6.07) is 9.23. The van der Waals surface area contributed by atoms with Gasteiger partial charge >= 0.3 is 5.97 Å². The molecule has 14 heteroatoms. The summed E-state index contributed by atoms with van der Waals surface area (Å²) in [6.07, 6.45) is 0. The van der Waals surface area contributed by atoms with Gasteiger partial charge in [0.05, 0.1) is 32.2 Å². The number of carbonyl (C=O) groups is 1. The number of esters is 1. The Bertz CT molecular complexity index is 1330. The second-order valence-corrected chi connectivity index (χ2v) is 13.1. The van der Waals surface area contributed by atoms with Crippen LogP contribution in [0.1, 0.15) is 17.3 Å². The molecule has 0 unspecified atom stereocenters. The van der Waals surface area contributed by atoms with Crippen molar-refractivity contribution in [1.82, 2.24) is 0 Å². The molecule has 0 saturated carbocycles. The van der Waals surface area contributed by atoms with E-state index in [1.54, 1.807) is 6.92 Å². The fourth-order valence-electron chi connectivity index (χ4n) is 2.33. The number of carbonyl (C=O) groups excluding carboxylic acids is 1. The number of nitrogens with one attached hydrogen (secondary N) is 2. The highest BCUT2D eigenvalue weighted by Crippen LogP contribution is 2.33. The van der Waals surface area contributed by atoms with Crippen LogP contribution in [0.25, 0.3) is 0 Å². The zero-order valence-electron chi connectivity index (χ0n) is 15.6. The van der Waals surface area contributed by atoms with Crippen molar-refractivity contribution in [2.24, 2.45) is 0 Å². The minimum absolute atomic E-state index is 0.0332. The summed E-state index contributed by atoms with van der Waals surface area (Å²) in [4.78, 5) is 12.1. The lowest BCUT2D eigenvalue weighted by molar-refractivity contribution is 0.0526. The van der Waals surface area contributed by atoms with Crippen LogP contribution in [0.4, 0.5) is 11.4 Å². The fraction of sp³-hybridized carbons (Fsp3) is 0.118. The summed E-state index contributed by atoms with van der Waals surface area (Å²) in [5.74, 6) is -0.693. The van der Waals surface area contributed by atoms with Gasteiger partial charge in [-0.1, -0.05) is 23.2 Å². The number of thiophene rings is 2. The summed E-state index contributed by atoms with van der Waals surface area (Å²) in [7, 11) is -8.17. The first-order valence-corrected chi connectivity index (χ1v) is 13.7. The highest BCUT2D eigenvalue weighted by molar-refractivity contribution is 7.95. The monoisotopic (exact) mass is 540 g/mol. The minimum Gasteiger partial charge on any atom is -0.462 e. The van der Waals surface area contributed by atoms with Gasteiger partial charge in [-0.2, -0.15) is 0 Å². The van der Waals surface area contributed by atoms with Crippen molar-refractivity contribution in [2.75, 3.05) is 16.1 Å². The molecule has 2 heterocycles. The van der Waals surface area contributed by atoms with Crippen LogP contribution in [-0.4, -0.2) is 29.4 Å². The summed E-state index contributed by atoms with van der Waals surface area (Å²) in [5.41, 5.74) is -0.226. The lowest BCUT2D eigenvalue weighted by atomic mass is 10.2. The average molecular weight is 541 g/mol. The van der Waals surface area contributed by atoms with Gasteiger partial charge in [-0.15, -0.1) is 22.7 Å². The SMILES string of the molecule is CCOC(=O)c1ccc(NS(=O)(=O)c2ccc(Cl)s2)c(NS(=O)(=O)c2ccc(Cl)s2)c1. The Morgan fingerprint density at radius 3 is 1.84 bits per heavy atom. The Hall–Kier alpha value is -1.83. The summed E-state index contributed by atoms with van der Waals surface area (Å²) < 4.78 is 60.8. The third-order valence-electron chi connectivity index (χ3n) is 3.65. The molecule has 2 N–H and O–H groups in total. The molecule has 0 spiro atoms. The zero-order valence-corrected chi connectivity index (χ0v) is 20.4. The number of halogens is 2. The molecule has 3 rings (SSSR count). The van der Waals surface area contributed by atoms with Crippen molar-refractivity contribution in [3.8, 4) is 0 Å². The van der Waals surface area contributed by atoms with E-state index in [-0.39, 0.29) is 40.6 Å². The molecule has 0 radical (unpaired) electrons. The smallest absolute Gasteiger partial charge is 0.338 e. The summed E-state index contributed by atoms with van der Waals surface area (Å²) in [6.45, 7) is 1.73. The van der Waals surface area contributed by atoms with Crippen LogP contribution in [0.2, 0.25) is 8.67 Å². The van der Waals surface area contributed by atoms with Crippen molar-refractivity contribution in [2.45, 2.75) is 15.3 Å². The molecule has 3 aromatic rings. The van der Waals surface area contributed by atoms with Crippen LogP contribution >= 0.6 is 45.9 Å². The second kappa shape index (κ2) is 9.35. The Kier molecular flexibility index (Phi) is 7.18. The van der Waals surface area contributed by atoms with Gasteiger partial charge in [0.15, 0.2) is 0 Å². The second-order valence-electron chi connectivity index (χ2n) is 5.81. The van der Waals surface area contributed by atoms with Gasteiger partial charge in [-0.05, 0) is 49.4 Å². The van der Waals surface area contributed by atoms with Gasteiger partial charge in [-0.25, -0.2) is 21.6 Å². The van der Waals surface area contributed by atoms with Gasteiger partial charge in [-0.3, -0.25) is 9.44 Å². The molecule has 0 aliphatic rings. The van der Waals surface area contributed by atoms with Crippen molar-refractivity contribution in [1.29, 1.82) is 0 Å². The number of rotatable bonds is 8. The van der Waals surface area contributed by atoms with Gasteiger partial charge in [0, 0.05) is 0 Å². The van der Waals surface area contributed by atoms with Gasteiger partial charge in [0.25, 0.3) is 20.0 Å². The van der Waals surface area contributed by atoms with E-state index in [0.29, 0.717) is 0 Å². The topological polar surface area (TPSA) is 119 Å². The van der Waals surface area contributed by atoms with Crippen molar-refractivity contribution in [3.05, 3.63) is 56.7 Å². The Balaban J connectivity index is 2.03. The quantitative estimate of drug-likeness (QED) is 0.392. The number of sulfonamides is 2. The molecule has 0 bridgehead atoms. The number of ether oxygens (including phenoxy) is 1. The lowest BCUT2D eigenvalue weighted by Gasteiger charge is -2.15. The number of hydrogen-bond acceptors (Lipinski definition) is 8. The average Bonchev–Trinajstić information content (AvgIpc) is 3.32. The van der Waals surface area contributed by atoms with Gasteiger partial charge in [0.1, 0.15) is 8.42 Å². The minimum atomic E-state index is -4.11. The predicted octanol–water partition coefficient (Wildman–Crippen LogP) is 4.89. The molecule has 0 atom stereocenters. The van der Waals surface area contributed by atoms with E-state index < -0.39 is 26.0 Å². The molecule has 0 fully saturated rings. The third kappa shape index (κ3) is 5.70. The maximum absolute atomic E-state index is 12.7. The van der Waals surface area contributed by atoms with Crippen LogP contribution < -0.4 is 9.44 Å². The maximum Gasteiger partial charge on any atom is 0.338 e. The van der Waals surface area contributed by atoms with Crippen molar-refractivity contribution < 1.29 is 26.4 Å². The normalized spacial score (nSPS) is 11.8. The lowest BCUT2D eigenvalue weighted by Crippen LogP contribution is -2.17. The Morgan fingerprint density at radius 1 is 0.871 bits per heavy atom. The fourth-order valence-corrected chi connectivity index (χ4v) is 7.45. The maximum atomic E-state index is 12.7. The highest BCUT2D eigenvalue weighted by atomic mass is 35.5. The summed E-state index contributed by atoms with van der Waals surface area (Å²) >= 11 is 13.3. The molecule has 8 nitrogen and oxygen atoms in total. The van der Waals surface area contributed by atoms with Crippen molar-refractivity contribution >= 4 is 83.3 Å². The molecular weight excluding hydrogens is 527 g/mol. The third-order valence-corrected chi connectivity index (χ3v) is 9.82. The predicted molar refractivity (Wildman–Crippen MR) is 123 cm³/mol.